The van der Waals surface area contributed by atoms with Gasteiger partial charge in [0.2, 0.25) is 11.8 Å². The molecule has 5 nitrogen and oxygen atoms in total. The van der Waals surface area contributed by atoms with E-state index in [1.165, 1.54) is 24.8 Å². The summed E-state index contributed by atoms with van der Waals surface area (Å²) in [5.41, 5.74) is 2.93. The molecule has 1 heterocycles. The van der Waals surface area contributed by atoms with Crippen molar-refractivity contribution >= 4 is 17.5 Å². The number of nitrogens with zero attached hydrogens (tertiary/aromatic N) is 1. The van der Waals surface area contributed by atoms with E-state index in [0.717, 1.165) is 37.3 Å². The van der Waals surface area contributed by atoms with Crippen LogP contribution in [-0.2, 0) is 22.6 Å². The van der Waals surface area contributed by atoms with Gasteiger partial charge in [-0.15, -0.1) is 0 Å². The van der Waals surface area contributed by atoms with E-state index >= 15 is 0 Å². The van der Waals surface area contributed by atoms with Gasteiger partial charge in [0.15, 0.2) is 0 Å². The normalized spacial score (nSPS) is 15.4. The van der Waals surface area contributed by atoms with E-state index in [1.807, 2.05) is 55.5 Å². The predicted molar refractivity (Wildman–Crippen MR) is 121 cm³/mol. The van der Waals surface area contributed by atoms with Crippen LogP contribution in [0.1, 0.15) is 50.2 Å². The summed E-state index contributed by atoms with van der Waals surface area (Å²) in [6, 6.07) is 17.1. The molecule has 0 bridgehead atoms. The van der Waals surface area contributed by atoms with Gasteiger partial charge in [-0.25, -0.2) is 0 Å². The lowest BCUT2D eigenvalue weighted by atomic mass is 10.1. The topological polar surface area (TPSA) is 61.4 Å². The molecule has 3 rings (SSSR count). The summed E-state index contributed by atoms with van der Waals surface area (Å²) >= 11 is 0. The predicted octanol–water partition coefficient (Wildman–Crippen LogP) is 4.14. The number of hydrogen-bond acceptors (Lipinski definition) is 3. The van der Waals surface area contributed by atoms with Crippen LogP contribution in [0.2, 0.25) is 0 Å². The number of likely N-dealkylation sites (tertiary alicyclic amines) is 1. The maximum absolute atomic E-state index is 12.9. The Morgan fingerprint density at radius 1 is 0.967 bits per heavy atom. The quantitative estimate of drug-likeness (QED) is 0.657. The summed E-state index contributed by atoms with van der Waals surface area (Å²) in [6.45, 7) is 5.21. The Bertz CT molecular complexity index is 816. The Balaban J connectivity index is 1.57. The van der Waals surface area contributed by atoms with Crippen LogP contribution >= 0.6 is 0 Å². The molecule has 1 atom stereocenters. The molecule has 1 aliphatic heterocycles. The van der Waals surface area contributed by atoms with E-state index in [4.69, 9.17) is 0 Å². The number of anilines is 1. The number of benzene rings is 2. The Kier molecular flexibility index (Phi) is 8.45. The Morgan fingerprint density at radius 3 is 2.43 bits per heavy atom. The van der Waals surface area contributed by atoms with Crippen molar-refractivity contribution in [3.05, 3.63) is 65.7 Å². The molecule has 0 spiro atoms. The van der Waals surface area contributed by atoms with E-state index in [0.29, 0.717) is 6.42 Å². The zero-order chi connectivity index (χ0) is 21.2. The summed E-state index contributed by atoms with van der Waals surface area (Å²) in [6.07, 6.45) is 5.55. The fourth-order valence-electron chi connectivity index (χ4n) is 3.94. The molecule has 0 radical (unpaired) electrons. The molecule has 30 heavy (non-hydrogen) atoms. The van der Waals surface area contributed by atoms with E-state index in [2.05, 4.69) is 21.6 Å². The minimum absolute atomic E-state index is 0.131. The first-order valence-electron chi connectivity index (χ1n) is 11.1. The van der Waals surface area contributed by atoms with Gasteiger partial charge in [-0.1, -0.05) is 62.2 Å². The highest BCUT2D eigenvalue weighted by molar-refractivity contribution is 5.97. The highest BCUT2D eigenvalue weighted by Crippen LogP contribution is 2.17. The number of amides is 2. The van der Waals surface area contributed by atoms with Gasteiger partial charge in [0.1, 0.15) is 6.04 Å². The van der Waals surface area contributed by atoms with Crippen molar-refractivity contribution < 1.29 is 9.59 Å². The first-order chi connectivity index (χ1) is 14.6. The summed E-state index contributed by atoms with van der Waals surface area (Å²) in [4.78, 5) is 27.8. The SMILES string of the molecule is CCCC(NC(=O)Cc1ccccc1)C(=O)Nc1cccc(CN2CCCCC2)c1. The van der Waals surface area contributed by atoms with Crippen LogP contribution in [0.4, 0.5) is 5.69 Å². The van der Waals surface area contributed by atoms with Crippen molar-refractivity contribution in [1.29, 1.82) is 0 Å². The summed E-state index contributed by atoms with van der Waals surface area (Å²) < 4.78 is 0. The molecule has 0 aromatic heterocycles. The van der Waals surface area contributed by atoms with Gasteiger partial charge in [-0.05, 0) is 55.6 Å². The van der Waals surface area contributed by atoms with Gasteiger partial charge >= 0.3 is 0 Å². The van der Waals surface area contributed by atoms with Crippen LogP contribution in [-0.4, -0.2) is 35.8 Å². The number of carbonyl (C=O) groups excluding carboxylic acids is 2. The van der Waals surface area contributed by atoms with Gasteiger partial charge in [0.25, 0.3) is 0 Å². The lowest BCUT2D eigenvalue weighted by Crippen LogP contribution is -2.44. The molecule has 2 aromatic carbocycles. The van der Waals surface area contributed by atoms with E-state index < -0.39 is 6.04 Å². The molecular formula is C25H33N3O2. The third-order valence-corrected chi connectivity index (χ3v) is 5.49. The maximum Gasteiger partial charge on any atom is 0.246 e. The average Bonchev–Trinajstić information content (AvgIpc) is 2.75. The number of nitrogens with one attached hydrogen (secondary N) is 2. The lowest BCUT2D eigenvalue weighted by molar-refractivity contribution is -0.126. The van der Waals surface area contributed by atoms with Crippen molar-refractivity contribution in [3.8, 4) is 0 Å². The fraction of sp³-hybridized carbons (Fsp3) is 0.440. The van der Waals surface area contributed by atoms with E-state index in [-0.39, 0.29) is 18.2 Å². The molecule has 0 aliphatic carbocycles. The molecule has 1 fully saturated rings. The van der Waals surface area contributed by atoms with Crippen LogP contribution in [0.25, 0.3) is 0 Å². The number of rotatable bonds is 9. The minimum atomic E-state index is -0.531. The minimum Gasteiger partial charge on any atom is -0.344 e. The van der Waals surface area contributed by atoms with Crippen LogP contribution < -0.4 is 10.6 Å². The van der Waals surface area contributed by atoms with Crippen LogP contribution in [0.3, 0.4) is 0 Å². The first kappa shape index (κ1) is 22.0. The largest absolute Gasteiger partial charge is 0.344 e. The van der Waals surface area contributed by atoms with E-state index in [9.17, 15) is 9.59 Å². The third kappa shape index (κ3) is 6.99. The lowest BCUT2D eigenvalue weighted by Gasteiger charge is -2.26. The first-order valence-corrected chi connectivity index (χ1v) is 11.1. The molecule has 0 saturated carbocycles. The number of piperidine rings is 1. The standard InChI is InChI=1S/C25H33N3O2/c1-2-10-23(27-24(29)18-20-11-5-3-6-12-20)25(30)26-22-14-9-13-21(17-22)19-28-15-7-4-8-16-28/h3,5-6,9,11-14,17,23H,2,4,7-8,10,15-16,18-19H2,1H3,(H,26,30)(H,27,29). The average molecular weight is 408 g/mol. The maximum atomic E-state index is 12.9. The molecule has 1 saturated heterocycles. The summed E-state index contributed by atoms with van der Waals surface area (Å²) in [7, 11) is 0. The molecule has 2 N–H and O–H groups in total. The van der Waals surface area contributed by atoms with Gasteiger partial charge in [0, 0.05) is 12.2 Å². The molecule has 2 aromatic rings. The van der Waals surface area contributed by atoms with Crippen molar-refractivity contribution in [1.82, 2.24) is 10.2 Å². The van der Waals surface area contributed by atoms with E-state index in [1.54, 1.807) is 0 Å². The van der Waals surface area contributed by atoms with Gasteiger partial charge < -0.3 is 10.6 Å². The van der Waals surface area contributed by atoms with Crippen LogP contribution in [0.15, 0.2) is 54.6 Å². The van der Waals surface area contributed by atoms with Crippen molar-refractivity contribution in [2.24, 2.45) is 0 Å². The number of hydrogen-bond donors (Lipinski definition) is 2. The molecular weight excluding hydrogens is 374 g/mol. The van der Waals surface area contributed by atoms with Crippen LogP contribution in [0.5, 0.6) is 0 Å². The van der Waals surface area contributed by atoms with Gasteiger partial charge in [0.05, 0.1) is 6.42 Å². The van der Waals surface area contributed by atoms with Crippen molar-refractivity contribution in [2.75, 3.05) is 18.4 Å². The van der Waals surface area contributed by atoms with Crippen LogP contribution in [0, 0.1) is 0 Å². The van der Waals surface area contributed by atoms with Gasteiger partial charge in [-0.3, -0.25) is 14.5 Å². The molecule has 1 unspecified atom stereocenters. The molecule has 160 valence electrons. The highest BCUT2D eigenvalue weighted by atomic mass is 16.2. The second-order valence-corrected chi connectivity index (χ2v) is 8.10. The zero-order valence-corrected chi connectivity index (χ0v) is 17.9. The highest BCUT2D eigenvalue weighted by Gasteiger charge is 2.20. The summed E-state index contributed by atoms with van der Waals surface area (Å²) in [5, 5.41) is 5.91. The summed E-state index contributed by atoms with van der Waals surface area (Å²) in [5.74, 6) is -0.290. The monoisotopic (exact) mass is 407 g/mol. The second kappa shape index (κ2) is 11.5. The zero-order valence-electron chi connectivity index (χ0n) is 17.9. The number of carbonyl (C=O) groups is 2. The fourth-order valence-corrected chi connectivity index (χ4v) is 3.94. The molecule has 1 aliphatic rings. The van der Waals surface area contributed by atoms with Crippen molar-refractivity contribution in [2.45, 2.75) is 58.0 Å². The smallest absolute Gasteiger partial charge is 0.246 e. The molecule has 5 heteroatoms. The second-order valence-electron chi connectivity index (χ2n) is 8.10. The Labute approximate surface area is 179 Å². The van der Waals surface area contributed by atoms with Crippen molar-refractivity contribution in [3.63, 3.8) is 0 Å². The Morgan fingerprint density at radius 2 is 1.70 bits per heavy atom. The molecule has 2 amide bonds. The Hall–Kier alpha value is -2.66. The third-order valence-electron chi connectivity index (χ3n) is 5.49. The van der Waals surface area contributed by atoms with Gasteiger partial charge in [-0.2, -0.15) is 0 Å².